The van der Waals surface area contributed by atoms with Crippen LogP contribution in [0.5, 0.6) is 0 Å². The van der Waals surface area contributed by atoms with E-state index in [1.54, 1.807) is 12.2 Å². The number of carbonyl (C=O) groups excluding carboxylic acids is 4. The fourth-order valence-corrected chi connectivity index (χ4v) is 3.95. The van der Waals surface area contributed by atoms with Crippen LogP contribution in [0.25, 0.3) is 0 Å². The van der Waals surface area contributed by atoms with E-state index in [9.17, 15) is 28.8 Å². The van der Waals surface area contributed by atoms with E-state index >= 15 is 0 Å². The number of allylic oxidation sites excluding steroid dienone is 6. The van der Waals surface area contributed by atoms with Crippen molar-refractivity contribution in [2.75, 3.05) is 12.3 Å². The van der Waals surface area contributed by atoms with Crippen molar-refractivity contribution in [3.63, 3.8) is 0 Å². The molecule has 0 radical (unpaired) electrons. The number of nitrogens with two attached hydrogens (primary N) is 1. The Morgan fingerprint density at radius 1 is 0.881 bits per heavy atom. The first-order chi connectivity index (χ1) is 20.0. The maximum absolute atomic E-state index is 12.9. The van der Waals surface area contributed by atoms with E-state index in [2.05, 4.69) is 42.3 Å². The Balaban J connectivity index is 5.02. The molecule has 236 valence electrons. The summed E-state index contributed by atoms with van der Waals surface area (Å²) in [6.45, 7) is 1.77. The van der Waals surface area contributed by atoms with Crippen molar-refractivity contribution in [1.29, 1.82) is 0 Å². The molecule has 1 unspecified atom stereocenters. The molecule has 0 aliphatic carbocycles. The van der Waals surface area contributed by atoms with Gasteiger partial charge < -0.3 is 26.6 Å². The minimum atomic E-state index is -1.24. The van der Waals surface area contributed by atoms with Gasteiger partial charge in [-0.15, -0.1) is 0 Å². The summed E-state index contributed by atoms with van der Waals surface area (Å²) in [6, 6.07) is -2.27. The van der Waals surface area contributed by atoms with Crippen molar-refractivity contribution in [2.24, 2.45) is 11.7 Å². The lowest BCUT2D eigenvalue weighted by Crippen LogP contribution is -2.49. The maximum atomic E-state index is 12.9. The zero-order chi connectivity index (χ0) is 31.8. The summed E-state index contributed by atoms with van der Waals surface area (Å²) in [5.74, 6) is -5.03. The van der Waals surface area contributed by atoms with Gasteiger partial charge in [-0.25, -0.2) is 0 Å². The molecule has 0 aliphatic rings. The highest BCUT2D eigenvalue weighted by atomic mass is 32.1. The van der Waals surface area contributed by atoms with Crippen LogP contribution in [-0.4, -0.2) is 69.9 Å². The zero-order valence-corrected chi connectivity index (χ0v) is 25.4. The molecule has 0 aromatic heterocycles. The maximum Gasteiger partial charge on any atom is 0.320 e. The smallest absolute Gasteiger partial charge is 0.320 e. The van der Waals surface area contributed by atoms with E-state index in [1.807, 2.05) is 12.2 Å². The number of carbonyl (C=O) groups is 6. The van der Waals surface area contributed by atoms with E-state index in [4.69, 9.17) is 15.9 Å². The number of amides is 2. The third kappa shape index (κ3) is 20.6. The topological polar surface area (TPSA) is 193 Å². The van der Waals surface area contributed by atoms with Crippen molar-refractivity contribution < 1.29 is 39.0 Å². The lowest BCUT2D eigenvalue weighted by molar-refractivity contribution is -0.139. The molecule has 0 aliphatic heterocycles. The number of ketones is 2. The second-order valence-electron chi connectivity index (χ2n) is 9.90. The van der Waals surface area contributed by atoms with Gasteiger partial charge in [-0.05, 0) is 38.5 Å². The number of Topliss-reactive ketones (excluding diaryl/α,β-unsaturated/α-hetero) is 2. The molecule has 11 nitrogen and oxygen atoms in total. The molecule has 3 atom stereocenters. The molecule has 0 saturated heterocycles. The van der Waals surface area contributed by atoms with Crippen LogP contribution in [0.15, 0.2) is 36.5 Å². The van der Waals surface area contributed by atoms with Crippen molar-refractivity contribution in [3.05, 3.63) is 36.5 Å². The molecule has 12 heteroatoms. The molecule has 0 fully saturated rings. The molecule has 0 aromatic carbocycles. The van der Waals surface area contributed by atoms with Crippen LogP contribution >= 0.6 is 12.6 Å². The minimum Gasteiger partial charge on any atom is -0.481 e. The molecule has 2 amide bonds. The Labute approximate surface area is 253 Å². The van der Waals surface area contributed by atoms with Crippen LogP contribution in [0, 0.1) is 5.92 Å². The first kappa shape index (κ1) is 38.8. The van der Waals surface area contributed by atoms with E-state index in [1.165, 1.54) is 19.3 Å². The predicted molar refractivity (Wildman–Crippen MR) is 164 cm³/mol. The van der Waals surface area contributed by atoms with Gasteiger partial charge in [0.05, 0.1) is 6.54 Å². The second kappa shape index (κ2) is 24.4. The molecular formula is C30H47N3O8S. The van der Waals surface area contributed by atoms with Gasteiger partial charge in [0.1, 0.15) is 17.9 Å². The van der Waals surface area contributed by atoms with E-state index in [0.29, 0.717) is 6.42 Å². The number of carboxylic acids is 2. The van der Waals surface area contributed by atoms with Crippen molar-refractivity contribution in [1.82, 2.24) is 10.6 Å². The van der Waals surface area contributed by atoms with E-state index < -0.39 is 47.5 Å². The number of nitrogens with one attached hydrogen (secondary N) is 2. The normalized spacial score (nSPS) is 13.7. The monoisotopic (exact) mass is 609 g/mol. The Bertz CT molecular complexity index is 964. The summed E-state index contributed by atoms with van der Waals surface area (Å²) in [7, 11) is 0. The van der Waals surface area contributed by atoms with E-state index in [-0.39, 0.29) is 56.6 Å². The standard InChI is InChI=1S/C30H47N3O8S/c1-2-3-4-5-6-7-8-9-10-11-12-14-22(19-23(34)15-13-16-28(37)38)26(35)20-32-29(39)25(21-42)33-27(36)18-17-24(31)30(40)41/h6-7,9-10,12,14,22,24-25,42H,2-5,8,11,13,15-21,31H2,1H3,(H,32,39)(H,33,36)(H,37,38)(H,40,41)/b7-6+,10-9+,14-12+/t22?,24-,25-/m0/s1. The van der Waals surface area contributed by atoms with Crippen LogP contribution in [0.4, 0.5) is 0 Å². The first-order valence-electron chi connectivity index (χ1n) is 14.4. The summed E-state index contributed by atoms with van der Waals surface area (Å²) in [5, 5.41) is 22.5. The molecule has 0 rings (SSSR count). The Morgan fingerprint density at radius 2 is 1.55 bits per heavy atom. The summed E-state index contributed by atoms with van der Waals surface area (Å²) >= 11 is 4.07. The van der Waals surface area contributed by atoms with Crippen LogP contribution in [0.1, 0.15) is 84.0 Å². The highest BCUT2D eigenvalue weighted by Gasteiger charge is 2.24. The SMILES string of the molecule is CCCCC/C=C/C/C=C/C/C=C/C(CC(=O)CCCC(=O)O)C(=O)CNC(=O)[C@H](CS)NC(=O)CC[C@H](N)C(=O)O. The Morgan fingerprint density at radius 3 is 2.17 bits per heavy atom. The number of hydrogen-bond donors (Lipinski definition) is 6. The molecule has 0 aromatic rings. The summed E-state index contributed by atoms with van der Waals surface area (Å²) < 4.78 is 0. The number of unbranched alkanes of at least 4 members (excludes halogenated alkanes) is 3. The van der Waals surface area contributed by atoms with E-state index in [0.717, 1.165) is 12.8 Å². The van der Waals surface area contributed by atoms with Gasteiger partial charge in [0.15, 0.2) is 5.78 Å². The van der Waals surface area contributed by atoms with Crippen LogP contribution in [0.2, 0.25) is 0 Å². The van der Waals surface area contributed by atoms with Crippen LogP contribution < -0.4 is 16.4 Å². The molecule has 0 heterocycles. The lowest BCUT2D eigenvalue weighted by Gasteiger charge is -2.18. The molecule has 42 heavy (non-hydrogen) atoms. The largest absolute Gasteiger partial charge is 0.481 e. The lowest BCUT2D eigenvalue weighted by atomic mass is 9.94. The number of carboxylic acid groups (broad SMARTS) is 2. The third-order valence-electron chi connectivity index (χ3n) is 6.20. The fraction of sp³-hybridized carbons (Fsp3) is 0.600. The van der Waals surface area contributed by atoms with Crippen molar-refractivity contribution in [3.8, 4) is 0 Å². The molecular weight excluding hydrogens is 562 g/mol. The molecule has 0 bridgehead atoms. The van der Waals surface area contributed by atoms with Crippen molar-refractivity contribution >= 4 is 47.9 Å². The van der Waals surface area contributed by atoms with Crippen molar-refractivity contribution in [2.45, 2.75) is 96.1 Å². The second-order valence-corrected chi connectivity index (χ2v) is 10.3. The average molecular weight is 610 g/mol. The Kier molecular flexibility index (Phi) is 22.5. The number of hydrogen-bond acceptors (Lipinski definition) is 8. The van der Waals surface area contributed by atoms with Gasteiger partial charge in [0.2, 0.25) is 11.8 Å². The van der Waals surface area contributed by atoms with Crippen LogP contribution in [0.3, 0.4) is 0 Å². The molecule has 6 N–H and O–H groups in total. The molecule has 0 spiro atoms. The third-order valence-corrected chi connectivity index (χ3v) is 6.56. The highest BCUT2D eigenvalue weighted by Crippen LogP contribution is 2.12. The van der Waals surface area contributed by atoms with Gasteiger partial charge >= 0.3 is 11.9 Å². The molecule has 0 saturated carbocycles. The summed E-state index contributed by atoms with van der Waals surface area (Å²) in [4.78, 5) is 71.6. The van der Waals surface area contributed by atoms with Gasteiger partial charge in [-0.1, -0.05) is 56.2 Å². The van der Waals surface area contributed by atoms with Gasteiger partial charge in [0.25, 0.3) is 0 Å². The first-order valence-corrected chi connectivity index (χ1v) is 15.0. The number of aliphatic carboxylic acids is 2. The number of thiol groups is 1. The zero-order valence-electron chi connectivity index (χ0n) is 24.5. The Hall–Kier alpha value is -3.25. The average Bonchev–Trinajstić information content (AvgIpc) is 2.94. The summed E-state index contributed by atoms with van der Waals surface area (Å²) in [6.07, 6.45) is 17.2. The van der Waals surface area contributed by atoms with Gasteiger partial charge in [-0.2, -0.15) is 12.6 Å². The fourth-order valence-electron chi connectivity index (χ4n) is 3.69. The quantitative estimate of drug-likeness (QED) is 0.0512. The predicted octanol–water partition coefficient (Wildman–Crippen LogP) is 3.14. The van der Waals surface area contributed by atoms with Crippen LogP contribution in [-0.2, 0) is 28.8 Å². The van der Waals surface area contributed by atoms with Gasteiger partial charge in [0, 0.05) is 37.4 Å². The number of rotatable bonds is 25. The highest BCUT2D eigenvalue weighted by molar-refractivity contribution is 7.80. The minimum absolute atomic E-state index is 0.0278. The summed E-state index contributed by atoms with van der Waals surface area (Å²) in [5.41, 5.74) is 5.39. The van der Waals surface area contributed by atoms with Gasteiger partial charge in [-0.3, -0.25) is 28.8 Å².